The van der Waals surface area contributed by atoms with Crippen molar-refractivity contribution in [2.75, 3.05) is 18.2 Å². The van der Waals surface area contributed by atoms with Crippen molar-refractivity contribution in [2.45, 2.75) is 99.5 Å². The van der Waals surface area contributed by atoms with Crippen LogP contribution >= 0.6 is 0 Å². The Hall–Kier alpha value is -4.73. The minimum Gasteiger partial charge on any atom is -0.461 e. The molecule has 2 amide bonds. The molecule has 48 heavy (non-hydrogen) atoms. The van der Waals surface area contributed by atoms with E-state index in [1.165, 1.54) is 13.3 Å². The number of carbonyl (C=O) groups is 2. The highest BCUT2D eigenvalue weighted by Crippen LogP contribution is 2.38. The average Bonchev–Trinajstić information content (AvgIpc) is 3.00. The number of methoxy groups -OCH3 is 1. The summed E-state index contributed by atoms with van der Waals surface area (Å²) in [5.41, 5.74) is 17.3. The number of aryl methyl sites for hydroxylation is 3. The maximum Gasteiger partial charge on any atom is 0.411 e. The molecule has 0 fully saturated rings. The number of rotatable bonds is 2. The lowest BCUT2D eigenvalue weighted by Gasteiger charge is -2.33. The summed E-state index contributed by atoms with van der Waals surface area (Å²) in [6.07, 6.45) is 4.12. The summed E-state index contributed by atoms with van der Waals surface area (Å²) in [5, 5.41) is 2.59. The second-order valence-electron chi connectivity index (χ2n) is 12.6. The first kappa shape index (κ1) is 36.1. The van der Waals surface area contributed by atoms with Crippen molar-refractivity contribution in [3.63, 3.8) is 0 Å². The van der Waals surface area contributed by atoms with Crippen LogP contribution in [0.3, 0.4) is 0 Å². The maximum atomic E-state index is 11.2. The van der Waals surface area contributed by atoms with E-state index in [1.807, 2.05) is 62.3 Å². The van der Waals surface area contributed by atoms with Gasteiger partial charge in [-0.1, -0.05) is 0 Å². The largest absolute Gasteiger partial charge is 0.461 e. The van der Waals surface area contributed by atoms with E-state index < -0.39 is 29.4 Å². The Bertz CT molecular complexity index is 1710. The highest BCUT2D eigenvalue weighted by atomic mass is 16.7. The van der Waals surface area contributed by atoms with Gasteiger partial charge in [-0.15, -0.1) is 0 Å². The van der Waals surface area contributed by atoms with Gasteiger partial charge in [0, 0.05) is 64.4 Å². The molecule has 0 aliphatic carbocycles. The fraction of sp³-hybridized carbons (Fsp3) is 0.485. The van der Waals surface area contributed by atoms with Gasteiger partial charge in [0.1, 0.15) is 0 Å². The normalized spacial score (nSPS) is 17.4. The van der Waals surface area contributed by atoms with Crippen LogP contribution in [-0.2, 0) is 38.8 Å². The lowest BCUT2D eigenvalue weighted by Crippen LogP contribution is -2.36. The zero-order valence-electron chi connectivity index (χ0n) is 29.0. The van der Waals surface area contributed by atoms with Crippen LogP contribution in [0.5, 0.6) is 17.2 Å². The number of nitrogens with one attached hydrogen (secondary N) is 1. The highest BCUT2D eigenvalue weighted by molar-refractivity contribution is 5.94. The second-order valence-corrected chi connectivity index (χ2v) is 12.6. The first-order valence-corrected chi connectivity index (χ1v) is 15.2. The monoisotopic (exact) mass is 668 g/mol. The van der Waals surface area contributed by atoms with E-state index in [9.17, 15) is 9.59 Å². The topological polar surface area (TPSA) is 201 Å². The quantitative estimate of drug-likeness (QED) is 0.331. The van der Waals surface area contributed by atoms with Gasteiger partial charge in [-0.25, -0.2) is 4.79 Å². The molecular formula is C33H44N6O9. The fourth-order valence-electron chi connectivity index (χ4n) is 4.82. The molecule has 15 nitrogen and oxygen atoms in total. The van der Waals surface area contributed by atoms with Crippen molar-refractivity contribution in [3.8, 4) is 17.2 Å². The van der Waals surface area contributed by atoms with Crippen molar-refractivity contribution >= 4 is 23.4 Å². The number of aromatic nitrogens is 3. The smallest absolute Gasteiger partial charge is 0.411 e. The van der Waals surface area contributed by atoms with E-state index in [-0.39, 0.29) is 0 Å². The van der Waals surface area contributed by atoms with Crippen LogP contribution in [-0.4, -0.2) is 51.4 Å². The third-order valence-corrected chi connectivity index (χ3v) is 7.40. The predicted molar refractivity (Wildman–Crippen MR) is 174 cm³/mol. The van der Waals surface area contributed by atoms with Crippen molar-refractivity contribution < 1.29 is 42.7 Å². The fourth-order valence-corrected chi connectivity index (χ4v) is 4.82. The van der Waals surface area contributed by atoms with Gasteiger partial charge in [-0.05, 0) is 20.8 Å². The van der Waals surface area contributed by atoms with Gasteiger partial charge in [0.2, 0.25) is 17.4 Å². The maximum absolute atomic E-state index is 11.2. The van der Waals surface area contributed by atoms with Crippen LogP contribution < -0.4 is 31.0 Å². The van der Waals surface area contributed by atoms with Crippen LogP contribution in [0.15, 0.2) is 18.6 Å². The lowest BCUT2D eigenvalue weighted by atomic mass is 10.1. The molecule has 6 rings (SSSR count). The van der Waals surface area contributed by atoms with Gasteiger partial charge in [-0.2, -0.15) is 0 Å². The number of nitrogens with zero attached hydrogens (tertiary/aromatic N) is 3. The van der Waals surface area contributed by atoms with Gasteiger partial charge in [-0.3, -0.25) is 25.1 Å². The summed E-state index contributed by atoms with van der Waals surface area (Å²) < 4.78 is 38.1. The molecule has 15 heteroatoms. The Balaban J connectivity index is 0.000000164. The molecule has 0 saturated carbocycles. The zero-order valence-corrected chi connectivity index (χ0v) is 29.0. The summed E-state index contributed by atoms with van der Waals surface area (Å²) >= 11 is 0. The van der Waals surface area contributed by atoms with Crippen molar-refractivity contribution in [1.82, 2.24) is 15.0 Å². The number of nitrogens with two attached hydrogens (primary N) is 2. The number of ether oxygens (including phenoxy) is 7. The molecule has 3 aromatic heterocycles. The van der Waals surface area contributed by atoms with E-state index in [0.717, 1.165) is 34.0 Å². The van der Waals surface area contributed by atoms with Crippen molar-refractivity contribution in [3.05, 3.63) is 57.9 Å². The van der Waals surface area contributed by atoms with Crippen molar-refractivity contribution in [1.29, 1.82) is 0 Å². The molecule has 6 heterocycles. The molecule has 0 aromatic carbocycles. The van der Waals surface area contributed by atoms with Crippen LogP contribution in [0.1, 0.15) is 85.7 Å². The molecule has 5 N–H and O–H groups in total. The number of pyridine rings is 3. The number of fused-ring (bicyclic) bond motifs is 3. The van der Waals surface area contributed by atoms with Gasteiger partial charge in [0.25, 0.3) is 5.91 Å². The Morgan fingerprint density at radius 1 is 0.708 bits per heavy atom. The summed E-state index contributed by atoms with van der Waals surface area (Å²) in [6, 6.07) is 0. The molecule has 3 aliphatic rings. The molecule has 260 valence electrons. The number of primary amides is 1. The first-order valence-electron chi connectivity index (χ1n) is 15.2. The summed E-state index contributed by atoms with van der Waals surface area (Å²) in [5.74, 6) is -0.476. The van der Waals surface area contributed by atoms with Crippen molar-refractivity contribution in [2.24, 2.45) is 5.73 Å². The van der Waals surface area contributed by atoms with Gasteiger partial charge >= 0.3 is 6.09 Å². The Morgan fingerprint density at radius 3 is 1.62 bits per heavy atom. The third kappa shape index (κ3) is 8.40. The molecule has 3 aromatic rings. The van der Waals surface area contributed by atoms with E-state index in [0.29, 0.717) is 53.8 Å². The minimum atomic E-state index is -0.699. The Labute approximate surface area is 279 Å². The number of hydrogen-bond donors (Lipinski definition) is 3. The van der Waals surface area contributed by atoms with Gasteiger partial charge in [0.15, 0.2) is 17.2 Å². The number of anilines is 2. The van der Waals surface area contributed by atoms with Crippen LogP contribution in [0, 0.1) is 20.8 Å². The number of amides is 2. The predicted octanol–water partition coefficient (Wildman–Crippen LogP) is 4.96. The first-order chi connectivity index (χ1) is 22.3. The minimum absolute atomic E-state index is 0.309. The lowest BCUT2D eigenvalue weighted by molar-refractivity contribution is -0.181. The SMILES string of the molecule is COC(=O)Nc1cnc(C)c2c1COC(C)(C)O2.Cc1ncc(C(N)=O)c2c1OC(C)(C)OC2.Cc1ncc(N)c2c1OC(C)(C)OC2. The zero-order chi connectivity index (χ0) is 35.6. The molecule has 0 unspecified atom stereocenters. The Morgan fingerprint density at radius 2 is 1.12 bits per heavy atom. The van der Waals surface area contributed by atoms with E-state index >= 15 is 0 Å². The van der Waals surface area contributed by atoms with E-state index in [1.54, 1.807) is 12.4 Å². The summed E-state index contributed by atoms with van der Waals surface area (Å²) in [6.45, 7) is 17.8. The molecule has 3 aliphatic heterocycles. The highest BCUT2D eigenvalue weighted by Gasteiger charge is 2.33. The molecule has 0 radical (unpaired) electrons. The van der Waals surface area contributed by atoms with Crippen LogP contribution in [0.2, 0.25) is 0 Å². The molecule has 0 spiro atoms. The third-order valence-electron chi connectivity index (χ3n) is 7.40. The van der Waals surface area contributed by atoms with Gasteiger partial charge in [0.05, 0.1) is 73.3 Å². The molecular weight excluding hydrogens is 624 g/mol. The summed E-state index contributed by atoms with van der Waals surface area (Å²) in [7, 11) is 1.31. The number of nitrogen functional groups attached to an aromatic ring is 1. The summed E-state index contributed by atoms with van der Waals surface area (Å²) in [4.78, 5) is 34.9. The van der Waals surface area contributed by atoms with Crippen LogP contribution in [0.4, 0.5) is 16.2 Å². The van der Waals surface area contributed by atoms with Crippen LogP contribution in [0.25, 0.3) is 0 Å². The van der Waals surface area contributed by atoms with E-state index in [2.05, 4.69) is 25.0 Å². The standard InChI is InChI=1S/C12H16N2O4.C11H14N2O3.C10H14N2O2/c1-7-10-8(6-17-12(2,3)18-10)9(5-13-7)14-11(15)16-4;1-6-9-8(5-15-11(2,3)16-9)7(4-13-6)10(12)14;1-6-9-7(8(11)4-12-6)5-13-10(2,3)14-9/h5H,6H2,1-4H3,(H,14,15);4H,5H2,1-3H3,(H2,12,14);4H,5,11H2,1-3H3. The molecule has 0 saturated heterocycles. The van der Waals surface area contributed by atoms with E-state index in [4.69, 9.17) is 39.9 Å². The second kappa shape index (κ2) is 13.8. The number of hydrogen-bond acceptors (Lipinski definition) is 13. The Kier molecular flexibility index (Phi) is 10.4. The average molecular weight is 669 g/mol. The number of carbonyl (C=O) groups excluding carboxylic acids is 2. The van der Waals surface area contributed by atoms with Gasteiger partial charge < -0.3 is 44.6 Å². The molecule has 0 atom stereocenters. The molecule has 0 bridgehead atoms.